The molecule has 3 aromatic heterocycles. The van der Waals surface area contributed by atoms with Crippen molar-refractivity contribution < 1.29 is 71.7 Å². The molecule has 3 aliphatic heterocycles. The minimum Gasteiger partial charge on any atom is -0.458 e. The number of imide groups is 1. The number of benzene rings is 3. The van der Waals surface area contributed by atoms with Gasteiger partial charge in [0.2, 0.25) is 17.7 Å². The van der Waals surface area contributed by atoms with Crippen LogP contribution in [0.2, 0.25) is 0 Å². The number of halogens is 1. The van der Waals surface area contributed by atoms with Crippen molar-refractivity contribution in [3.63, 3.8) is 0 Å². The Morgan fingerprint density at radius 1 is 0.820 bits per heavy atom. The second kappa shape index (κ2) is 26.6. The van der Waals surface area contributed by atoms with E-state index in [1.54, 1.807) is 74.5 Å². The SMILES string of the molecule is CC[C@@]1(O)C(=O)OCc2c1cc1n(c2=O)Cc2c-1nc1cc(F)c(C)c3c1c2[C@@H](NC(=O)c1ccc(NC(=O)OCc2ccc(NC(=O)CNC(=O)[C@H](Cc4ccccc4)NC(=O)COC(=O)CNC(=O)CCCCCN4C(=O)C=CC4=O)cc2)cn1)CC3. The fourth-order valence-electron chi connectivity index (χ4n) is 11.2. The zero-order valence-electron chi connectivity index (χ0n) is 48.3. The number of amides is 8. The Bertz CT molecular complexity index is 3950. The number of nitrogens with zero attached hydrogens (tertiary/aromatic N) is 4. The molecular formula is C63H61FN10O15. The van der Waals surface area contributed by atoms with E-state index in [1.807, 2.05) is 0 Å². The summed E-state index contributed by atoms with van der Waals surface area (Å²) in [5.74, 6) is -6.09. The van der Waals surface area contributed by atoms with Crippen molar-refractivity contribution in [3.05, 3.63) is 164 Å². The van der Waals surface area contributed by atoms with Gasteiger partial charge >= 0.3 is 18.0 Å². The summed E-state index contributed by atoms with van der Waals surface area (Å²) >= 11 is 0. The standard InChI is InChI=1S/C63H61FN10O15/c1-3-63(86)42-25-48-57-40(30-74(48)60(83)41(42)32-88-61(63)84)56-44(20-18-39-34(2)43(64)26-46(71-57)55(39)56)72-59(82)45-19-17-38(27-65-45)69-62(85)89-31-36-13-15-37(16-14-36)68-50(76)28-67-58(81)47(24-35-10-6-4-7-11-35)70-51(77)33-87-54(80)29-66-49(75)12-8-5-9-23-73-52(78)21-22-53(73)79/h4,6-7,10-11,13-17,19,21-22,25-27,44,47,86H,3,5,8-9,12,18,20,23-24,28-33H2,1-2H3,(H,66,75)(H,67,81)(H,68,76)(H,69,85)(H,70,77)(H,72,82)/t44-,47-,63-/m0/s1. The quantitative estimate of drug-likeness (QED) is 0.0206. The molecule has 25 nitrogen and oxygen atoms in total. The van der Waals surface area contributed by atoms with Gasteiger partial charge in [0.25, 0.3) is 29.2 Å². The van der Waals surface area contributed by atoms with Crippen LogP contribution >= 0.6 is 0 Å². The number of anilines is 2. The van der Waals surface area contributed by atoms with Crippen molar-refractivity contribution in [2.24, 2.45) is 0 Å². The lowest BCUT2D eigenvalue weighted by Crippen LogP contribution is -2.50. The number of carbonyl (C=O) groups excluding carboxylic acids is 10. The molecule has 26 heteroatoms. The smallest absolute Gasteiger partial charge is 0.412 e. The first-order chi connectivity index (χ1) is 42.8. The van der Waals surface area contributed by atoms with Gasteiger partial charge in [0, 0.05) is 59.8 Å². The molecule has 3 aromatic carbocycles. The maximum absolute atomic E-state index is 15.5. The van der Waals surface area contributed by atoms with E-state index in [4.69, 9.17) is 19.2 Å². The number of unbranched alkanes of at least 4 members (excludes halogenated alkanes) is 2. The summed E-state index contributed by atoms with van der Waals surface area (Å²) in [5.41, 5.74) is 3.06. The number of hydrogen-bond acceptors (Lipinski definition) is 17. The van der Waals surface area contributed by atoms with E-state index in [-0.39, 0.29) is 79.9 Å². The predicted octanol–water partition coefficient (Wildman–Crippen LogP) is 4.02. The molecule has 0 spiro atoms. The van der Waals surface area contributed by atoms with E-state index in [1.165, 1.54) is 41.1 Å². The van der Waals surface area contributed by atoms with E-state index in [9.17, 15) is 57.8 Å². The van der Waals surface area contributed by atoms with E-state index >= 15 is 4.39 Å². The molecule has 10 rings (SSSR count). The second-order valence-electron chi connectivity index (χ2n) is 21.7. The number of aryl methyl sites for hydroxylation is 1. The highest BCUT2D eigenvalue weighted by molar-refractivity contribution is 6.13. The fraction of sp³-hybridized carbons (Fsp3) is 0.317. The van der Waals surface area contributed by atoms with Gasteiger partial charge in [-0.2, -0.15) is 0 Å². The Morgan fingerprint density at radius 2 is 1.57 bits per heavy atom. The molecule has 89 heavy (non-hydrogen) atoms. The van der Waals surface area contributed by atoms with Crippen molar-refractivity contribution in [2.75, 3.05) is 36.9 Å². The zero-order valence-corrected chi connectivity index (χ0v) is 48.3. The molecule has 0 radical (unpaired) electrons. The third-order valence-corrected chi connectivity index (χ3v) is 15.9. The molecule has 7 N–H and O–H groups in total. The molecule has 0 fully saturated rings. The summed E-state index contributed by atoms with van der Waals surface area (Å²) in [6.07, 6.45) is 5.19. The summed E-state index contributed by atoms with van der Waals surface area (Å²) in [5, 5.41) is 27.8. The first-order valence-corrected chi connectivity index (χ1v) is 28.8. The van der Waals surface area contributed by atoms with Gasteiger partial charge in [-0.05, 0) is 97.2 Å². The molecule has 6 heterocycles. The van der Waals surface area contributed by atoms with Gasteiger partial charge in [-0.25, -0.2) is 23.9 Å². The normalized spacial score (nSPS) is 16.3. The van der Waals surface area contributed by atoms with Crippen LogP contribution in [0.15, 0.2) is 102 Å². The molecule has 0 saturated carbocycles. The number of pyridine rings is 3. The maximum Gasteiger partial charge on any atom is 0.412 e. The summed E-state index contributed by atoms with van der Waals surface area (Å²) in [6.45, 7) is 1.34. The number of cyclic esters (lactones) is 1. The van der Waals surface area contributed by atoms with Crippen LogP contribution in [0.5, 0.6) is 0 Å². The van der Waals surface area contributed by atoms with Crippen molar-refractivity contribution in [1.29, 1.82) is 0 Å². The Balaban J connectivity index is 0.672. The highest BCUT2D eigenvalue weighted by Crippen LogP contribution is 2.46. The zero-order chi connectivity index (χ0) is 63.1. The van der Waals surface area contributed by atoms with E-state index < -0.39 is 96.3 Å². The Kier molecular flexibility index (Phi) is 18.4. The van der Waals surface area contributed by atoms with Crippen LogP contribution in [0.4, 0.5) is 20.6 Å². The van der Waals surface area contributed by atoms with E-state index in [0.29, 0.717) is 87.9 Å². The Labute approximate surface area is 506 Å². The molecule has 1 aliphatic carbocycles. The number of aromatic nitrogens is 3. The number of fused-ring (bicyclic) bond motifs is 5. The van der Waals surface area contributed by atoms with Gasteiger partial charge < -0.3 is 50.5 Å². The number of carbonyl (C=O) groups is 10. The Hall–Kier alpha value is -10.5. The van der Waals surface area contributed by atoms with Crippen LogP contribution in [0.1, 0.15) is 106 Å². The first kappa shape index (κ1) is 61.6. The van der Waals surface area contributed by atoms with Crippen molar-refractivity contribution in [3.8, 4) is 11.4 Å². The minimum atomic E-state index is -2.05. The number of ether oxygens (including phenoxy) is 3. The highest BCUT2D eigenvalue weighted by atomic mass is 19.1. The number of nitrogens with one attached hydrogen (secondary N) is 6. The lowest BCUT2D eigenvalue weighted by Gasteiger charge is -2.31. The summed E-state index contributed by atoms with van der Waals surface area (Å²) in [6, 6.07) is 19.0. The average molecular weight is 1220 g/mol. The Morgan fingerprint density at radius 3 is 2.30 bits per heavy atom. The summed E-state index contributed by atoms with van der Waals surface area (Å²) in [4.78, 5) is 151. The molecule has 0 saturated heterocycles. The number of aliphatic hydroxyl groups is 1. The first-order valence-electron chi connectivity index (χ1n) is 28.8. The monoisotopic (exact) mass is 1220 g/mol. The van der Waals surface area contributed by atoms with Crippen LogP contribution in [0, 0.1) is 12.7 Å². The van der Waals surface area contributed by atoms with Gasteiger partial charge in [0.1, 0.15) is 37.3 Å². The third-order valence-electron chi connectivity index (χ3n) is 15.9. The molecule has 4 aliphatic rings. The third kappa shape index (κ3) is 13.7. The molecule has 0 bridgehead atoms. The second-order valence-corrected chi connectivity index (χ2v) is 21.7. The van der Waals surface area contributed by atoms with Crippen LogP contribution in [0.3, 0.4) is 0 Å². The lowest BCUT2D eigenvalue weighted by atomic mass is 9.81. The van der Waals surface area contributed by atoms with Gasteiger partial charge in [-0.15, -0.1) is 0 Å². The van der Waals surface area contributed by atoms with Crippen LogP contribution < -0.4 is 37.5 Å². The molecule has 3 atom stereocenters. The number of rotatable bonds is 23. The topological polar surface area (TPSA) is 342 Å². The largest absolute Gasteiger partial charge is 0.458 e. The molecule has 6 aromatic rings. The van der Waals surface area contributed by atoms with Gasteiger partial charge in [0.05, 0.1) is 53.5 Å². The summed E-state index contributed by atoms with van der Waals surface area (Å²) in [7, 11) is 0. The average Bonchev–Trinajstić information content (AvgIpc) is 1.63. The van der Waals surface area contributed by atoms with Crippen LogP contribution in [0.25, 0.3) is 22.3 Å². The lowest BCUT2D eigenvalue weighted by molar-refractivity contribution is -0.172. The summed E-state index contributed by atoms with van der Waals surface area (Å²) < 4.78 is 32.6. The molecule has 460 valence electrons. The number of esters is 2. The van der Waals surface area contributed by atoms with Crippen LogP contribution in [-0.2, 0) is 90.8 Å². The van der Waals surface area contributed by atoms with Crippen molar-refractivity contribution in [2.45, 2.75) is 103 Å². The van der Waals surface area contributed by atoms with E-state index in [0.717, 1.165) is 10.5 Å². The van der Waals surface area contributed by atoms with Crippen molar-refractivity contribution in [1.82, 2.24) is 40.7 Å². The van der Waals surface area contributed by atoms with Crippen molar-refractivity contribution >= 4 is 81.7 Å². The molecule has 0 unspecified atom stereocenters. The maximum atomic E-state index is 15.5. The molecular weight excluding hydrogens is 1160 g/mol. The fourth-order valence-corrected chi connectivity index (χ4v) is 11.2. The van der Waals surface area contributed by atoms with Gasteiger partial charge in [-0.3, -0.25) is 53.4 Å². The number of hydrogen-bond donors (Lipinski definition) is 7. The highest BCUT2D eigenvalue weighted by Gasteiger charge is 2.46. The predicted molar refractivity (Wildman–Crippen MR) is 314 cm³/mol. The van der Waals surface area contributed by atoms with Gasteiger partial charge in [0.15, 0.2) is 12.2 Å². The van der Waals surface area contributed by atoms with Crippen LogP contribution in [-0.4, -0.2) is 116 Å². The molecule has 8 amide bonds. The minimum absolute atomic E-state index is 0.0164. The van der Waals surface area contributed by atoms with E-state index in [2.05, 4.69) is 36.9 Å². The van der Waals surface area contributed by atoms with Gasteiger partial charge in [-0.1, -0.05) is 55.8 Å².